The summed E-state index contributed by atoms with van der Waals surface area (Å²) in [5.74, 6) is 0.778. The van der Waals surface area contributed by atoms with Crippen LogP contribution in [0.2, 0.25) is 0 Å². The van der Waals surface area contributed by atoms with Crippen molar-refractivity contribution in [2.45, 2.75) is 6.92 Å². The molecule has 5 nitrogen and oxygen atoms in total. The van der Waals surface area contributed by atoms with Gasteiger partial charge in [-0.25, -0.2) is 0 Å². The van der Waals surface area contributed by atoms with E-state index in [0.717, 1.165) is 5.56 Å². The standard InChI is InChI=1S/C16H13NO4/c1-9(17-20)15-13-8-12(19)6-7-14(13)21-16(15)10-2-4-11(18)5-3-10/h2-8,18-20H,1H3/b17-9-. The predicted molar refractivity (Wildman–Crippen MR) is 79.0 cm³/mol. The first kappa shape index (κ1) is 13.1. The fraction of sp³-hybridized carbons (Fsp3) is 0.0625. The first-order valence-electron chi connectivity index (χ1n) is 6.34. The second kappa shape index (κ2) is 4.86. The second-order valence-electron chi connectivity index (χ2n) is 4.72. The molecule has 0 radical (unpaired) electrons. The number of hydrogen-bond donors (Lipinski definition) is 3. The molecule has 21 heavy (non-hydrogen) atoms. The highest BCUT2D eigenvalue weighted by Gasteiger charge is 2.19. The Hall–Kier alpha value is -2.95. The van der Waals surface area contributed by atoms with Gasteiger partial charge in [-0.2, -0.15) is 0 Å². The van der Waals surface area contributed by atoms with Crippen molar-refractivity contribution >= 4 is 16.7 Å². The van der Waals surface area contributed by atoms with Crippen LogP contribution in [0, 0.1) is 0 Å². The third kappa shape index (κ3) is 2.18. The van der Waals surface area contributed by atoms with Crippen LogP contribution in [0.3, 0.4) is 0 Å². The molecular formula is C16H13NO4. The molecule has 0 aliphatic heterocycles. The van der Waals surface area contributed by atoms with Crippen molar-refractivity contribution < 1.29 is 19.8 Å². The molecule has 0 bridgehead atoms. The Bertz CT molecular complexity index is 831. The molecule has 3 rings (SSSR count). The average molecular weight is 283 g/mol. The predicted octanol–water partition coefficient (Wildman–Crippen LogP) is 3.71. The van der Waals surface area contributed by atoms with E-state index in [4.69, 9.17) is 9.62 Å². The van der Waals surface area contributed by atoms with Gasteiger partial charge in [0.05, 0.1) is 11.3 Å². The quantitative estimate of drug-likeness (QED) is 0.380. The van der Waals surface area contributed by atoms with Crippen molar-refractivity contribution in [1.29, 1.82) is 0 Å². The summed E-state index contributed by atoms with van der Waals surface area (Å²) >= 11 is 0. The molecule has 1 aromatic heterocycles. The number of hydrogen-bond acceptors (Lipinski definition) is 5. The summed E-state index contributed by atoms with van der Waals surface area (Å²) < 4.78 is 5.82. The Morgan fingerprint density at radius 3 is 2.33 bits per heavy atom. The smallest absolute Gasteiger partial charge is 0.144 e. The molecule has 106 valence electrons. The minimum atomic E-state index is 0.104. The first-order valence-corrected chi connectivity index (χ1v) is 6.34. The lowest BCUT2D eigenvalue weighted by Crippen LogP contribution is -1.95. The highest BCUT2D eigenvalue weighted by molar-refractivity contribution is 6.13. The number of fused-ring (bicyclic) bond motifs is 1. The molecule has 0 unspecified atom stereocenters. The van der Waals surface area contributed by atoms with E-state index < -0.39 is 0 Å². The largest absolute Gasteiger partial charge is 0.508 e. The van der Waals surface area contributed by atoms with Crippen molar-refractivity contribution in [2.75, 3.05) is 0 Å². The summed E-state index contributed by atoms with van der Waals surface area (Å²) in [5.41, 5.74) is 2.30. The molecule has 1 heterocycles. The van der Waals surface area contributed by atoms with Crippen LogP contribution in [0.5, 0.6) is 11.5 Å². The van der Waals surface area contributed by atoms with Gasteiger partial charge < -0.3 is 19.8 Å². The molecule has 0 amide bonds. The van der Waals surface area contributed by atoms with Gasteiger partial charge in [-0.15, -0.1) is 0 Å². The molecule has 0 saturated carbocycles. The summed E-state index contributed by atoms with van der Waals surface area (Å²) in [5, 5.41) is 32.0. The maximum Gasteiger partial charge on any atom is 0.144 e. The van der Waals surface area contributed by atoms with E-state index in [0.29, 0.717) is 28.0 Å². The molecule has 0 fully saturated rings. The normalized spacial score (nSPS) is 12.0. The van der Waals surface area contributed by atoms with Crippen molar-refractivity contribution in [1.82, 2.24) is 0 Å². The van der Waals surface area contributed by atoms with Crippen molar-refractivity contribution in [3.8, 4) is 22.8 Å². The zero-order chi connectivity index (χ0) is 15.0. The van der Waals surface area contributed by atoms with Crippen molar-refractivity contribution in [3.05, 3.63) is 48.0 Å². The Balaban J connectivity index is 2.33. The minimum absolute atomic E-state index is 0.104. The van der Waals surface area contributed by atoms with Crippen molar-refractivity contribution in [3.63, 3.8) is 0 Å². The van der Waals surface area contributed by atoms with Gasteiger partial charge in [0.2, 0.25) is 0 Å². The fourth-order valence-electron chi connectivity index (χ4n) is 2.31. The van der Waals surface area contributed by atoms with E-state index in [-0.39, 0.29) is 11.5 Å². The van der Waals surface area contributed by atoms with E-state index in [1.807, 2.05) is 0 Å². The molecule has 0 aliphatic rings. The third-order valence-corrected chi connectivity index (χ3v) is 3.31. The number of oxime groups is 1. The van der Waals surface area contributed by atoms with Gasteiger partial charge >= 0.3 is 0 Å². The fourth-order valence-corrected chi connectivity index (χ4v) is 2.31. The van der Waals surface area contributed by atoms with E-state index in [1.165, 1.54) is 6.07 Å². The zero-order valence-electron chi connectivity index (χ0n) is 11.2. The highest BCUT2D eigenvalue weighted by atomic mass is 16.4. The third-order valence-electron chi connectivity index (χ3n) is 3.31. The first-order chi connectivity index (χ1) is 10.1. The van der Waals surface area contributed by atoms with Gasteiger partial charge in [-0.3, -0.25) is 0 Å². The van der Waals surface area contributed by atoms with Crippen molar-refractivity contribution in [2.24, 2.45) is 5.16 Å². The lowest BCUT2D eigenvalue weighted by atomic mass is 10.0. The summed E-state index contributed by atoms with van der Waals surface area (Å²) in [7, 11) is 0. The molecule has 5 heteroatoms. The Morgan fingerprint density at radius 2 is 1.67 bits per heavy atom. The molecule has 0 atom stereocenters. The van der Waals surface area contributed by atoms with Crippen LogP contribution in [0.4, 0.5) is 0 Å². The SMILES string of the molecule is C/C(=N/O)c1c(-c2ccc(O)cc2)oc2ccc(O)cc12. The molecule has 3 N–H and O–H groups in total. The van der Waals surface area contributed by atoms with Gasteiger partial charge in [-0.1, -0.05) is 5.16 Å². The number of nitrogens with zero attached hydrogens (tertiary/aromatic N) is 1. The molecule has 0 saturated heterocycles. The Morgan fingerprint density at radius 1 is 1.00 bits per heavy atom. The topological polar surface area (TPSA) is 86.2 Å². The van der Waals surface area contributed by atoms with Gasteiger partial charge in [0.25, 0.3) is 0 Å². The lowest BCUT2D eigenvalue weighted by Gasteiger charge is -2.02. The van der Waals surface area contributed by atoms with Gasteiger partial charge in [0, 0.05) is 10.9 Å². The van der Waals surface area contributed by atoms with Crippen LogP contribution in [-0.4, -0.2) is 21.1 Å². The monoisotopic (exact) mass is 283 g/mol. The highest BCUT2D eigenvalue weighted by Crippen LogP contribution is 2.36. The van der Waals surface area contributed by atoms with Gasteiger partial charge in [0.1, 0.15) is 22.8 Å². The van der Waals surface area contributed by atoms with Crippen LogP contribution in [0.1, 0.15) is 12.5 Å². The Labute approximate surface area is 120 Å². The maximum absolute atomic E-state index is 9.65. The summed E-state index contributed by atoms with van der Waals surface area (Å²) in [6.45, 7) is 1.65. The number of benzene rings is 2. The summed E-state index contributed by atoms with van der Waals surface area (Å²) in [6.07, 6.45) is 0. The number of rotatable bonds is 2. The zero-order valence-corrected chi connectivity index (χ0v) is 11.2. The average Bonchev–Trinajstić information content (AvgIpc) is 2.85. The Kier molecular flexibility index (Phi) is 3.02. The van der Waals surface area contributed by atoms with Crippen LogP contribution >= 0.6 is 0 Å². The van der Waals surface area contributed by atoms with Crippen LogP contribution in [0.25, 0.3) is 22.3 Å². The number of furan rings is 1. The molecule has 2 aromatic carbocycles. The van der Waals surface area contributed by atoms with E-state index in [1.54, 1.807) is 43.3 Å². The molecular weight excluding hydrogens is 270 g/mol. The van der Waals surface area contributed by atoms with E-state index in [2.05, 4.69) is 5.16 Å². The number of aromatic hydroxyl groups is 2. The van der Waals surface area contributed by atoms with Gasteiger partial charge in [-0.05, 0) is 49.4 Å². The molecule has 0 spiro atoms. The number of phenolic OH excluding ortho intramolecular Hbond substituents is 2. The van der Waals surface area contributed by atoms with Crippen LogP contribution < -0.4 is 0 Å². The van der Waals surface area contributed by atoms with E-state index in [9.17, 15) is 10.2 Å². The van der Waals surface area contributed by atoms with Crippen LogP contribution in [0.15, 0.2) is 52.0 Å². The number of phenols is 2. The lowest BCUT2D eigenvalue weighted by molar-refractivity contribution is 0.319. The summed E-state index contributed by atoms with van der Waals surface area (Å²) in [4.78, 5) is 0. The minimum Gasteiger partial charge on any atom is -0.508 e. The molecule has 0 aliphatic carbocycles. The maximum atomic E-state index is 9.65. The summed E-state index contributed by atoms with van der Waals surface area (Å²) in [6, 6.07) is 11.3. The van der Waals surface area contributed by atoms with Crippen LogP contribution in [-0.2, 0) is 0 Å². The molecule has 3 aromatic rings. The van der Waals surface area contributed by atoms with Gasteiger partial charge in [0.15, 0.2) is 0 Å². The van der Waals surface area contributed by atoms with E-state index >= 15 is 0 Å². The second-order valence-corrected chi connectivity index (χ2v) is 4.72.